The van der Waals surface area contributed by atoms with Gasteiger partial charge in [0, 0.05) is 11.3 Å². The number of carbonyl (C=O) groups excluding carboxylic acids is 1. The van der Waals surface area contributed by atoms with Crippen molar-refractivity contribution in [2.75, 3.05) is 0 Å². The van der Waals surface area contributed by atoms with Crippen LogP contribution in [0.25, 0.3) is 0 Å². The molecule has 0 radical (unpaired) electrons. The van der Waals surface area contributed by atoms with Crippen LogP contribution in [0.15, 0.2) is 12.2 Å². The molecular weight excluding hydrogens is 204 g/mol. The molecule has 3 heteroatoms. The second-order valence-corrected chi connectivity index (χ2v) is 6.09. The van der Waals surface area contributed by atoms with Gasteiger partial charge in [0.15, 0.2) is 5.79 Å². The predicted octanol–water partition coefficient (Wildman–Crippen LogP) is 1.92. The van der Waals surface area contributed by atoms with Gasteiger partial charge in [-0.25, -0.2) is 0 Å². The maximum absolute atomic E-state index is 12.1. The molecule has 88 valence electrons. The molecule has 1 saturated heterocycles. The first kappa shape index (κ1) is 10.5. The summed E-state index contributed by atoms with van der Waals surface area (Å²) in [5, 5.41) is 0. The summed E-state index contributed by atoms with van der Waals surface area (Å²) in [4.78, 5) is 12.1. The van der Waals surface area contributed by atoms with E-state index >= 15 is 0 Å². The number of rotatable bonds is 0. The Hall–Kier alpha value is -0.670. The number of fused-ring (bicyclic) bond motifs is 3. The number of carbonyl (C=O) groups is 1. The van der Waals surface area contributed by atoms with E-state index in [2.05, 4.69) is 12.2 Å². The van der Waals surface area contributed by atoms with Crippen LogP contribution >= 0.6 is 0 Å². The number of ketones is 1. The van der Waals surface area contributed by atoms with Crippen LogP contribution in [-0.2, 0) is 14.3 Å². The first-order valence-electron chi connectivity index (χ1n) is 5.91. The van der Waals surface area contributed by atoms with Crippen LogP contribution in [0.1, 0.15) is 27.7 Å². The fraction of sp³-hybridized carbons (Fsp3) is 0.769. The Bertz CT molecular complexity index is 381. The Morgan fingerprint density at radius 1 is 1.12 bits per heavy atom. The smallest absolute Gasteiger partial charge is 0.164 e. The van der Waals surface area contributed by atoms with E-state index in [1.165, 1.54) is 0 Å². The highest BCUT2D eigenvalue weighted by Crippen LogP contribution is 2.55. The molecular formula is C13H18O3. The van der Waals surface area contributed by atoms with Crippen LogP contribution in [0.4, 0.5) is 0 Å². The van der Waals surface area contributed by atoms with Crippen molar-refractivity contribution in [3.8, 4) is 0 Å². The van der Waals surface area contributed by atoms with Crippen LogP contribution < -0.4 is 0 Å². The fourth-order valence-electron chi connectivity index (χ4n) is 3.30. The maximum Gasteiger partial charge on any atom is 0.164 e. The van der Waals surface area contributed by atoms with Crippen LogP contribution in [0.5, 0.6) is 0 Å². The largest absolute Gasteiger partial charge is 0.343 e. The van der Waals surface area contributed by atoms with Gasteiger partial charge in [0.25, 0.3) is 0 Å². The summed E-state index contributed by atoms with van der Waals surface area (Å²) in [6, 6.07) is 0. The highest BCUT2D eigenvalue weighted by atomic mass is 16.8. The molecule has 0 aromatic carbocycles. The van der Waals surface area contributed by atoms with E-state index in [0.29, 0.717) is 11.7 Å². The van der Waals surface area contributed by atoms with Gasteiger partial charge >= 0.3 is 0 Å². The maximum atomic E-state index is 12.1. The van der Waals surface area contributed by atoms with Crippen LogP contribution in [0, 0.1) is 17.3 Å². The Balaban J connectivity index is 1.92. The van der Waals surface area contributed by atoms with Gasteiger partial charge in [-0.3, -0.25) is 4.79 Å². The van der Waals surface area contributed by atoms with E-state index in [4.69, 9.17) is 9.47 Å². The molecule has 1 heterocycles. The topological polar surface area (TPSA) is 35.5 Å². The van der Waals surface area contributed by atoms with E-state index in [9.17, 15) is 4.79 Å². The summed E-state index contributed by atoms with van der Waals surface area (Å²) in [6.45, 7) is 7.84. The lowest BCUT2D eigenvalue weighted by Crippen LogP contribution is -2.61. The van der Waals surface area contributed by atoms with E-state index in [0.717, 1.165) is 0 Å². The molecule has 0 N–H and O–H groups in total. The van der Waals surface area contributed by atoms with Crippen molar-refractivity contribution < 1.29 is 14.3 Å². The van der Waals surface area contributed by atoms with Crippen molar-refractivity contribution in [3.05, 3.63) is 12.2 Å². The lowest BCUT2D eigenvalue weighted by Gasteiger charge is -2.52. The molecule has 0 aromatic heterocycles. The quantitative estimate of drug-likeness (QED) is 0.587. The highest BCUT2D eigenvalue weighted by molar-refractivity contribution is 5.94. The zero-order chi connectivity index (χ0) is 11.7. The molecule has 3 aliphatic rings. The highest BCUT2D eigenvalue weighted by Gasteiger charge is 2.63. The van der Waals surface area contributed by atoms with Crippen LogP contribution in [0.2, 0.25) is 0 Å². The minimum absolute atomic E-state index is 0.00627. The van der Waals surface area contributed by atoms with Gasteiger partial charge in [-0.15, -0.1) is 0 Å². The van der Waals surface area contributed by atoms with Gasteiger partial charge < -0.3 is 9.47 Å². The molecule has 0 aromatic rings. The summed E-state index contributed by atoms with van der Waals surface area (Å²) < 4.78 is 11.6. The van der Waals surface area contributed by atoms with Crippen molar-refractivity contribution in [1.29, 1.82) is 0 Å². The zero-order valence-corrected chi connectivity index (χ0v) is 10.2. The monoisotopic (exact) mass is 222 g/mol. The van der Waals surface area contributed by atoms with E-state index in [1.807, 2.05) is 27.7 Å². The standard InChI is InChI=1S/C13H18O3/c1-12(2)7-5-6-8-10(9(7)11(12)14)16-13(3,4)15-8/h5-10H,1-4H3/t7-,8-,9-,10-/m0/s1. The SMILES string of the molecule is CC1(C)O[C@@H]2[C@H]3C(=O)C(C)(C)[C@H]3C=C[C@@H]2O1. The number of Topliss-reactive ketones (excluding diaryl/α,β-unsaturated/α-hetero) is 1. The second-order valence-electron chi connectivity index (χ2n) is 6.09. The lowest BCUT2D eigenvalue weighted by molar-refractivity contribution is -0.173. The van der Waals surface area contributed by atoms with Gasteiger partial charge in [-0.1, -0.05) is 26.0 Å². The van der Waals surface area contributed by atoms with Gasteiger partial charge in [0.2, 0.25) is 0 Å². The fourth-order valence-corrected chi connectivity index (χ4v) is 3.30. The summed E-state index contributed by atoms with van der Waals surface area (Å²) in [5.41, 5.74) is -0.220. The molecule has 2 aliphatic carbocycles. The number of allylic oxidation sites excluding steroid dienone is 1. The van der Waals surface area contributed by atoms with Gasteiger partial charge in [0.05, 0.1) is 5.92 Å². The molecule has 3 nitrogen and oxygen atoms in total. The van der Waals surface area contributed by atoms with Crippen LogP contribution in [0.3, 0.4) is 0 Å². The molecule has 4 atom stereocenters. The predicted molar refractivity (Wildman–Crippen MR) is 58.7 cm³/mol. The van der Waals surface area contributed by atoms with E-state index in [1.54, 1.807) is 0 Å². The zero-order valence-electron chi connectivity index (χ0n) is 10.2. The third-order valence-electron chi connectivity index (χ3n) is 4.18. The Morgan fingerprint density at radius 2 is 1.81 bits per heavy atom. The minimum Gasteiger partial charge on any atom is -0.343 e. The minimum atomic E-state index is -0.561. The average molecular weight is 222 g/mol. The van der Waals surface area contributed by atoms with Crippen molar-refractivity contribution in [2.45, 2.75) is 45.7 Å². The Morgan fingerprint density at radius 3 is 2.50 bits per heavy atom. The molecule has 1 aliphatic heterocycles. The Labute approximate surface area is 95.8 Å². The first-order chi connectivity index (χ1) is 7.33. The van der Waals surface area contributed by atoms with Crippen molar-refractivity contribution in [2.24, 2.45) is 17.3 Å². The summed E-state index contributed by atoms with van der Waals surface area (Å²) in [6.07, 6.45) is 4.08. The molecule has 3 rings (SSSR count). The molecule has 0 amide bonds. The molecule has 0 unspecified atom stereocenters. The second kappa shape index (κ2) is 2.77. The van der Waals surface area contributed by atoms with Crippen LogP contribution in [-0.4, -0.2) is 23.8 Å². The normalized spacial score (nSPS) is 47.1. The number of hydrogen-bond acceptors (Lipinski definition) is 3. The third kappa shape index (κ3) is 1.13. The van der Waals surface area contributed by atoms with Gasteiger partial charge in [-0.05, 0) is 13.8 Å². The molecule has 2 fully saturated rings. The number of ether oxygens (including phenoxy) is 2. The molecule has 16 heavy (non-hydrogen) atoms. The first-order valence-corrected chi connectivity index (χ1v) is 5.91. The van der Waals surface area contributed by atoms with Gasteiger partial charge in [-0.2, -0.15) is 0 Å². The van der Waals surface area contributed by atoms with Gasteiger partial charge in [0.1, 0.15) is 18.0 Å². The van der Waals surface area contributed by atoms with E-state index < -0.39 is 5.79 Å². The van der Waals surface area contributed by atoms with Crippen molar-refractivity contribution in [1.82, 2.24) is 0 Å². The number of hydrogen-bond donors (Lipinski definition) is 0. The van der Waals surface area contributed by atoms with E-state index in [-0.39, 0.29) is 23.5 Å². The van der Waals surface area contributed by atoms with Crippen molar-refractivity contribution >= 4 is 5.78 Å². The average Bonchev–Trinajstić information content (AvgIpc) is 2.49. The lowest BCUT2D eigenvalue weighted by atomic mass is 9.51. The summed E-state index contributed by atoms with van der Waals surface area (Å²) in [5.74, 6) is 0.0814. The molecule has 0 spiro atoms. The summed E-state index contributed by atoms with van der Waals surface area (Å²) >= 11 is 0. The van der Waals surface area contributed by atoms with Crippen molar-refractivity contribution in [3.63, 3.8) is 0 Å². The molecule has 0 bridgehead atoms. The summed E-state index contributed by atoms with van der Waals surface area (Å²) in [7, 11) is 0. The Kier molecular flexibility index (Phi) is 1.81. The molecule has 1 saturated carbocycles. The third-order valence-corrected chi connectivity index (χ3v) is 4.18.